The second kappa shape index (κ2) is 31.9. The van der Waals surface area contributed by atoms with Crippen LogP contribution in [-0.4, -0.2) is 47.8 Å². The molecule has 1 amide bonds. The van der Waals surface area contributed by atoms with Crippen molar-refractivity contribution in [3.63, 3.8) is 0 Å². The van der Waals surface area contributed by atoms with E-state index in [0.29, 0.717) is 6.42 Å². The molecule has 260 valence electrons. The molecule has 0 aromatic heterocycles. The molecule has 0 aromatic rings. The first-order valence-electron chi connectivity index (χ1n) is 18.0. The minimum Gasteiger partial charge on any atom is -0.387 e. The van der Waals surface area contributed by atoms with Crippen molar-refractivity contribution in [3.8, 4) is 0 Å². The summed E-state index contributed by atoms with van der Waals surface area (Å²) < 4.78 is 21.9. The second-order valence-corrected chi connectivity index (χ2v) is 13.5. The van der Waals surface area contributed by atoms with Crippen LogP contribution in [0.25, 0.3) is 0 Å². The van der Waals surface area contributed by atoms with Gasteiger partial charge in [0, 0.05) is 13.0 Å². The Morgan fingerprint density at radius 2 is 1.18 bits per heavy atom. The third-order valence-electron chi connectivity index (χ3n) is 7.77. The number of carbonyl (C=O) groups is 1. The molecule has 0 saturated carbocycles. The van der Waals surface area contributed by atoms with Crippen LogP contribution in [0, 0.1) is 0 Å². The number of carbonyl (C=O) groups excluding carboxylic acids is 1. The SMILES string of the molecule is CCCCCCC/C=C/C(O)C(COP(=O)(O)OCCN)NC(=O)CCCCCCCCC/C=C\CCCCCCCCC. The van der Waals surface area contributed by atoms with E-state index in [-0.39, 0.29) is 25.7 Å². The number of aliphatic hydroxyl groups excluding tert-OH is 1. The van der Waals surface area contributed by atoms with Gasteiger partial charge in [-0.2, -0.15) is 0 Å². The second-order valence-electron chi connectivity index (χ2n) is 12.1. The van der Waals surface area contributed by atoms with E-state index in [2.05, 4.69) is 31.3 Å². The highest BCUT2D eigenvalue weighted by molar-refractivity contribution is 7.47. The lowest BCUT2D eigenvalue weighted by atomic mass is 10.1. The monoisotopic (exact) mass is 644 g/mol. The van der Waals surface area contributed by atoms with Crippen molar-refractivity contribution in [1.29, 1.82) is 0 Å². The third kappa shape index (κ3) is 29.7. The highest BCUT2D eigenvalue weighted by Crippen LogP contribution is 2.43. The van der Waals surface area contributed by atoms with Crippen LogP contribution in [0.15, 0.2) is 24.3 Å². The van der Waals surface area contributed by atoms with E-state index in [1.54, 1.807) is 6.08 Å². The number of unbranched alkanes of at least 4 members (excludes halogenated alkanes) is 19. The largest absolute Gasteiger partial charge is 0.472 e. The summed E-state index contributed by atoms with van der Waals surface area (Å²) >= 11 is 0. The van der Waals surface area contributed by atoms with Crippen LogP contribution in [0.1, 0.15) is 162 Å². The van der Waals surface area contributed by atoms with Crippen LogP contribution in [0.2, 0.25) is 0 Å². The van der Waals surface area contributed by atoms with Crippen LogP contribution in [-0.2, 0) is 18.4 Å². The number of rotatable bonds is 33. The Hall–Kier alpha value is -1.02. The number of nitrogens with one attached hydrogen (secondary N) is 1. The number of phosphoric ester groups is 1. The Morgan fingerprint density at radius 1 is 0.727 bits per heavy atom. The Kier molecular flexibility index (Phi) is 31.2. The normalized spacial score (nSPS) is 14.8. The van der Waals surface area contributed by atoms with Gasteiger partial charge in [-0.05, 0) is 44.9 Å². The molecular formula is C35H69N2O6P. The first-order valence-corrected chi connectivity index (χ1v) is 19.5. The van der Waals surface area contributed by atoms with Crippen molar-refractivity contribution in [2.24, 2.45) is 5.73 Å². The molecule has 0 aliphatic rings. The maximum Gasteiger partial charge on any atom is 0.472 e. The van der Waals surface area contributed by atoms with Gasteiger partial charge in [0.25, 0.3) is 0 Å². The van der Waals surface area contributed by atoms with Crippen molar-refractivity contribution in [1.82, 2.24) is 5.32 Å². The molecule has 3 atom stereocenters. The summed E-state index contributed by atoms with van der Waals surface area (Å²) in [7, 11) is -4.32. The van der Waals surface area contributed by atoms with Gasteiger partial charge in [-0.15, -0.1) is 0 Å². The zero-order chi connectivity index (χ0) is 32.6. The number of hydrogen-bond donors (Lipinski definition) is 4. The quantitative estimate of drug-likeness (QED) is 0.0318. The van der Waals surface area contributed by atoms with E-state index in [1.165, 1.54) is 103 Å². The summed E-state index contributed by atoms with van der Waals surface area (Å²) in [5.74, 6) is -0.204. The maximum absolute atomic E-state index is 12.6. The fourth-order valence-corrected chi connectivity index (χ4v) is 5.77. The van der Waals surface area contributed by atoms with Gasteiger partial charge in [-0.25, -0.2) is 4.57 Å². The highest BCUT2D eigenvalue weighted by atomic mass is 31.2. The molecule has 0 aromatic carbocycles. The zero-order valence-corrected chi connectivity index (χ0v) is 29.3. The number of aliphatic hydroxyl groups is 1. The first kappa shape index (κ1) is 43.0. The van der Waals surface area contributed by atoms with Crippen LogP contribution in [0.5, 0.6) is 0 Å². The minimum absolute atomic E-state index is 0.0778. The highest BCUT2D eigenvalue weighted by Gasteiger charge is 2.26. The number of phosphoric acid groups is 1. The molecular weight excluding hydrogens is 575 g/mol. The summed E-state index contributed by atoms with van der Waals surface area (Å²) in [6.07, 6.45) is 33.8. The number of hydrogen-bond acceptors (Lipinski definition) is 6. The van der Waals surface area contributed by atoms with Crippen LogP contribution >= 0.6 is 7.82 Å². The van der Waals surface area contributed by atoms with E-state index >= 15 is 0 Å². The Morgan fingerprint density at radius 3 is 1.68 bits per heavy atom. The molecule has 0 radical (unpaired) electrons. The topological polar surface area (TPSA) is 131 Å². The molecule has 3 unspecified atom stereocenters. The van der Waals surface area contributed by atoms with Crippen LogP contribution in [0.3, 0.4) is 0 Å². The van der Waals surface area contributed by atoms with Crippen molar-refractivity contribution in [2.45, 2.75) is 174 Å². The molecule has 0 aliphatic carbocycles. The first-order chi connectivity index (χ1) is 21.4. The van der Waals surface area contributed by atoms with Gasteiger partial charge in [0.1, 0.15) is 0 Å². The predicted octanol–water partition coefficient (Wildman–Crippen LogP) is 9.05. The lowest BCUT2D eigenvalue weighted by molar-refractivity contribution is -0.123. The van der Waals surface area contributed by atoms with E-state index in [9.17, 15) is 19.4 Å². The lowest BCUT2D eigenvalue weighted by Gasteiger charge is -2.23. The molecule has 5 N–H and O–H groups in total. The molecule has 9 heteroatoms. The fourth-order valence-electron chi connectivity index (χ4n) is 5.01. The third-order valence-corrected chi connectivity index (χ3v) is 8.76. The number of amides is 1. The summed E-state index contributed by atoms with van der Waals surface area (Å²) in [4.78, 5) is 22.5. The van der Waals surface area contributed by atoms with Gasteiger partial charge in [0.15, 0.2) is 0 Å². The van der Waals surface area contributed by atoms with Gasteiger partial charge in [-0.3, -0.25) is 13.8 Å². The lowest BCUT2D eigenvalue weighted by Crippen LogP contribution is -2.45. The summed E-state index contributed by atoms with van der Waals surface area (Å²) in [5, 5.41) is 13.5. The summed E-state index contributed by atoms with van der Waals surface area (Å²) in [6.45, 7) is 4.05. The van der Waals surface area contributed by atoms with Gasteiger partial charge >= 0.3 is 7.82 Å². The van der Waals surface area contributed by atoms with Crippen LogP contribution in [0.4, 0.5) is 0 Å². The predicted molar refractivity (Wildman–Crippen MR) is 185 cm³/mol. The molecule has 0 fully saturated rings. The Labute approximate surface area is 270 Å². The van der Waals surface area contributed by atoms with Gasteiger partial charge < -0.3 is 21.1 Å². The van der Waals surface area contributed by atoms with E-state index in [0.717, 1.165) is 38.5 Å². The van der Waals surface area contributed by atoms with E-state index in [4.69, 9.17) is 14.8 Å². The fraction of sp³-hybridized carbons (Fsp3) is 0.857. The van der Waals surface area contributed by atoms with Crippen molar-refractivity contribution in [2.75, 3.05) is 19.8 Å². The standard InChI is InChI=1S/C35H69N2O6P/c1-3-5-7-9-11-12-13-14-15-16-17-18-19-20-21-23-25-27-29-35(39)37-33(32-43-44(40,41)42-31-30-36)34(38)28-26-24-22-10-8-6-4-2/h15-16,26,28,33-34,38H,3-14,17-25,27,29-32,36H2,1-2H3,(H,37,39)(H,40,41)/b16-15-,28-26+. The van der Waals surface area contributed by atoms with E-state index in [1.807, 2.05) is 6.08 Å². The molecule has 0 aliphatic heterocycles. The smallest absolute Gasteiger partial charge is 0.387 e. The van der Waals surface area contributed by atoms with Gasteiger partial charge in [0.05, 0.1) is 25.4 Å². The number of allylic oxidation sites excluding steroid dienone is 3. The van der Waals surface area contributed by atoms with Crippen molar-refractivity contribution in [3.05, 3.63) is 24.3 Å². The van der Waals surface area contributed by atoms with Gasteiger partial charge in [-0.1, -0.05) is 134 Å². The maximum atomic E-state index is 12.6. The molecule has 0 spiro atoms. The average molecular weight is 645 g/mol. The minimum atomic E-state index is -4.32. The van der Waals surface area contributed by atoms with Crippen molar-refractivity contribution < 1.29 is 28.4 Å². The molecule has 0 saturated heterocycles. The van der Waals surface area contributed by atoms with Crippen molar-refractivity contribution >= 4 is 13.7 Å². The van der Waals surface area contributed by atoms with Gasteiger partial charge in [0.2, 0.25) is 5.91 Å². The average Bonchev–Trinajstić information content (AvgIpc) is 3.01. The molecule has 44 heavy (non-hydrogen) atoms. The number of nitrogens with two attached hydrogens (primary N) is 1. The molecule has 0 bridgehead atoms. The summed E-state index contributed by atoms with van der Waals surface area (Å²) in [5.41, 5.74) is 5.33. The molecule has 8 nitrogen and oxygen atoms in total. The molecule has 0 rings (SSSR count). The Balaban J connectivity index is 4.17. The zero-order valence-electron chi connectivity index (χ0n) is 28.4. The molecule has 0 heterocycles. The van der Waals surface area contributed by atoms with E-state index < -0.39 is 20.0 Å². The summed E-state index contributed by atoms with van der Waals surface area (Å²) in [6, 6.07) is -0.856. The van der Waals surface area contributed by atoms with Crippen LogP contribution < -0.4 is 11.1 Å². The Bertz CT molecular complexity index is 749.